The van der Waals surface area contributed by atoms with Crippen LogP contribution < -0.4 is 19.7 Å². The molecule has 2 N–H and O–H groups in total. The summed E-state index contributed by atoms with van der Waals surface area (Å²) in [4.78, 5) is 31.3. The Labute approximate surface area is 208 Å². The number of hydrogen-bond acceptors (Lipinski definition) is 7. The number of benzene rings is 1. The molecule has 2 aliphatic heterocycles. The maximum Gasteiger partial charge on any atom is 0.407 e. The largest absolute Gasteiger partial charge is 0.495 e. The van der Waals surface area contributed by atoms with Gasteiger partial charge in [0.25, 0.3) is 0 Å². The Morgan fingerprint density at radius 3 is 2.69 bits per heavy atom. The molecule has 11 heteroatoms. The molecular formula is C25H30N6O5. The van der Waals surface area contributed by atoms with Gasteiger partial charge in [-0.05, 0) is 26.0 Å². The number of carbonyl (C=O) groups is 2. The first-order valence-electron chi connectivity index (χ1n) is 12.0. The monoisotopic (exact) mass is 494 g/mol. The number of carbonyl (C=O) groups excluding carboxylic acids is 1. The van der Waals surface area contributed by atoms with Gasteiger partial charge in [-0.3, -0.25) is 4.79 Å². The number of aryl methyl sites for hydroxylation is 1. The van der Waals surface area contributed by atoms with Crippen LogP contribution in [0.1, 0.15) is 18.9 Å². The first-order valence-corrected chi connectivity index (χ1v) is 12.0. The van der Waals surface area contributed by atoms with Gasteiger partial charge in [0.1, 0.15) is 17.4 Å². The molecular weight excluding hydrogens is 464 g/mol. The minimum Gasteiger partial charge on any atom is -0.495 e. The minimum absolute atomic E-state index is 0.0411. The van der Waals surface area contributed by atoms with E-state index in [4.69, 9.17) is 14.5 Å². The highest BCUT2D eigenvalue weighted by molar-refractivity contribution is 5.78. The molecule has 0 saturated carbocycles. The van der Waals surface area contributed by atoms with Gasteiger partial charge in [0, 0.05) is 56.2 Å². The molecule has 0 radical (unpaired) electrons. The lowest BCUT2D eigenvalue weighted by Crippen LogP contribution is -2.48. The number of methoxy groups -OCH3 is 1. The summed E-state index contributed by atoms with van der Waals surface area (Å²) in [7, 11) is 1.62. The maximum atomic E-state index is 11.7. The van der Waals surface area contributed by atoms with Crippen molar-refractivity contribution in [2.24, 2.45) is 5.92 Å². The lowest BCUT2D eigenvalue weighted by Gasteiger charge is -2.35. The summed E-state index contributed by atoms with van der Waals surface area (Å²) >= 11 is 0. The van der Waals surface area contributed by atoms with Gasteiger partial charge in [-0.15, -0.1) is 0 Å². The van der Waals surface area contributed by atoms with Gasteiger partial charge in [0.05, 0.1) is 30.9 Å². The molecule has 2 atom stereocenters. The minimum atomic E-state index is -0.893. The molecule has 0 aliphatic carbocycles. The summed E-state index contributed by atoms with van der Waals surface area (Å²) in [6.45, 7) is 6.58. The zero-order chi connectivity index (χ0) is 25.4. The van der Waals surface area contributed by atoms with Crippen molar-refractivity contribution >= 4 is 23.2 Å². The van der Waals surface area contributed by atoms with Gasteiger partial charge in [0.2, 0.25) is 11.8 Å². The maximum absolute atomic E-state index is 11.7. The van der Waals surface area contributed by atoms with Gasteiger partial charge in [-0.1, -0.05) is 6.07 Å². The van der Waals surface area contributed by atoms with E-state index in [-0.39, 0.29) is 17.9 Å². The fraction of sp³-hybridized carbons (Fsp3) is 0.440. The number of fused-ring (bicyclic) bond motifs is 1. The molecule has 2 saturated heterocycles. The van der Waals surface area contributed by atoms with E-state index in [2.05, 4.69) is 15.3 Å². The van der Waals surface area contributed by atoms with E-state index in [1.54, 1.807) is 17.8 Å². The van der Waals surface area contributed by atoms with Crippen molar-refractivity contribution in [2.75, 3.05) is 44.7 Å². The predicted octanol–water partition coefficient (Wildman–Crippen LogP) is 2.42. The second-order valence-corrected chi connectivity index (χ2v) is 9.29. The topological polar surface area (TPSA) is 122 Å². The number of aromatic nitrogens is 3. The van der Waals surface area contributed by atoms with Crippen LogP contribution in [0.2, 0.25) is 0 Å². The summed E-state index contributed by atoms with van der Waals surface area (Å²) in [5, 5.41) is 16.6. The highest BCUT2D eigenvalue weighted by Crippen LogP contribution is 2.35. The molecule has 2 fully saturated rings. The molecule has 11 nitrogen and oxygen atoms in total. The van der Waals surface area contributed by atoms with Crippen LogP contribution in [-0.2, 0) is 4.79 Å². The number of anilines is 1. The summed E-state index contributed by atoms with van der Waals surface area (Å²) in [5.41, 5.74) is 4.16. The third-order valence-corrected chi connectivity index (χ3v) is 6.98. The fourth-order valence-electron chi connectivity index (χ4n) is 4.81. The van der Waals surface area contributed by atoms with E-state index in [1.165, 1.54) is 4.90 Å². The first-order chi connectivity index (χ1) is 17.3. The molecule has 4 heterocycles. The van der Waals surface area contributed by atoms with Crippen molar-refractivity contribution in [3.8, 4) is 22.9 Å². The van der Waals surface area contributed by atoms with Crippen LogP contribution in [0.5, 0.6) is 11.6 Å². The van der Waals surface area contributed by atoms with Crippen molar-refractivity contribution < 1.29 is 24.2 Å². The van der Waals surface area contributed by atoms with E-state index in [9.17, 15) is 14.7 Å². The van der Waals surface area contributed by atoms with E-state index in [0.29, 0.717) is 56.5 Å². The Hall–Kier alpha value is -4.02. The van der Waals surface area contributed by atoms with E-state index in [0.717, 1.165) is 22.3 Å². The Balaban J connectivity index is 1.45. The molecule has 2 amide bonds. The van der Waals surface area contributed by atoms with E-state index >= 15 is 0 Å². The Morgan fingerprint density at radius 1 is 1.25 bits per heavy atom. The number of nitrogens with one attached hydrogen (secondary N) is 1. The molecule has 0 spiro atoms. The molecule has 36 heavy (non-hydrogen) atoms. The summed E-state index contributed by atoms with van der Waals surface area (Å²) < 4.78 is 13.8. The van der Waals surface area contributed by atoms with Crippen molar-refractivity contribution in [3.63, 3.8) is 0 Å². The van der Waals surface area contributed by atoms with Crippen LogP contribution in [0.4, 0.5) is 10.5 Å². The molecule has 2 aromatic heterocycles. The Morgan fingerprint density at radius 2 is 2.03 bits per heavy atom. The third-order valence-electron chi connectivity index (χ3n) is 6.98. The molecule has 190 valence electrons. The third kappa shape index (κ3) is 4.48. The van der Waals surface area contributed by atoms with Gasteiger partial charge in [-0.2, -0.15) is 5.10 Å². The average Bonchev–Trinajstić information content (AvgIpc) is 3.49. The summed E-state index contributed by atoms with van der Waals surface area (Å²) in [6.07, 6.45) is 2.98. The number of ether oxygens (including phenoxy) is 2. The molecule has 0 unspecified atom stereocenters. The first kappa shape index (κ1) is 23.7. The molecule has 1 aromatic carbocycles. The predicted molar refractivity (Wildman–Crippen MR) is 133 cm³/mol. The smallest absolute Gasteiger partial charge is 0.407 e. The van der Waals surface area contributed by atoms with Crippen LogP contribution in [0.3, 0.4) is 0 Å². The van der Waals surface area contributed by atoms with Crippen LogP contribution >= 0.6 is 0 Å². The van der Waals surface area contributed by atoms with Crippen LogP contribution in [0.15, 0.2) is 30.6 Å². The van der Waals surface area contributed by atoms with Crippen molar-refractivity contribution in [1.29, 1.82) is 0 Å². The van der Waals surface area contributed by atoms with Crippen molar-refractivity contribution in [2.45, 2.75) is 26.4 Å². The normalized spacial score (nSPS) is 18.9. The zero-order valence-corrected chi connectivity index (χ0v) is 20.6. The second-order valence-electron chi connectivity index (χ2n) is 9.29. The second kappa shape index (κ2) is 9.56. The van der Waals surface area contributed by atoms with Gasteiger partial charge in [0.15, 0.2) is 0 Å². The van der Waals surface area contributed by atoms with Crippen LogP contribution in [0, 0.1) is 12.8 Å². The highest BCUT2D eigenvalue weighted by atomic mass is 16.5. The van der Waals surface area contributed by atoms with Crippen LogP contribution in [0.25, 0.3) is 16.8 Å². The lowest BCUT2D eigenvalue weighted by molar-refractivity contribution is -0.119. The van der Waals surface area contributed by atoms with Gasteiger partial charge in [-0.25, -0.2) is 14.3 Å². The number of carboxylic acid groups (broad SMARTS) is 1. The van der Waals surface area contributed by atoms with Crippen molar-refractivity contribution in [3.05, 3.63) is 36.2 Å². The summed E-state index contributed by atoms with van der Waals surface area (Å²) in [5.74, 6) is 1.27. The average molecular weight is 495 g/mol. The number of rotatable bonds is 6. The van der Waals surface area contributed by atoms with Crippen LogP contribution in [-0.4, -0.2) is 82.5 Å². The SMILES string of the molecule is COc1cc(-c2cn3ncc(C)c3c(O[C@H](C)[C@H]3CNC(=O)C3)n2)ccc1N1CCN(C(=O)O)CC1. The standard InChI is InChI=1S/C25H30N6O5/c1-15-12-27-31-14-19(28-24(23(15)31)36-16(2)18-11-22(32)26-13-18)17-4-5-20(21(10-17)35-3)29-6-8-30(9-7-29)25(33)34/h4-5,10,12,14,16,18H,6-9,11,13H2,1-3H3,(H,26,32)(H,33,34)/t16-,18-/m1/s1. The van der Waals surface area contributed by atoms with Gasteiger partial charge < -0.3 is 29.7 Å². The van der Waals surface area contributed by atoms with Gasteiger partial charge >= 0.3 is 6.09 Å². The number of piperazine rings is 1. The lowest BCUT2D eigenvalue weighted by atomic mass is 10.0. The highest BCUT2D eigenvalue weighted by Gasteiger charge is 2.29. The number of amides is 2. The number of hydrogen-bond donors (Lipinski definition) is 2. The molecule has 3 aromatic rings. The Kier molecular flexibility index (Phi) is 6.29. The fourth-order valence-corrected chi connectivity index (χ4v) is 4.81. The Bertz CT molecular complexity index is 1300. The van der Waals surface area contributed by atoms with Crippen molar-refractivity contribution in [1.82, 2.24) is 24.8 Å². The quantitative estimate of drug-likeness (QED) is 0.536. The molecule has 2 aliphatic rings. The molecule has 5 rings (SSSR count). The summed E-state index contributed by atoms with van der Waals surface area (Å²) in [6, 6.07) is 5.87. The molecule has 0 bridgehead atoms. The zero-order valence-electron chi connectivity index (χ0n) is 20.6. The van der Waals surface area contributed by atoms with E-state index < -0.39 is 6.09 Å². The van der Waals surface area contributed by atoms with E-state index in [1.807, 2.05) is 38.2 Å². The number of nitrogens with zero attached hydrogens (tertiary/aromatic N) is 5.